The van der Waals surface area contributed by atoms with Gasteiger partial charge in [-0.3, -0.25) is 14.1 Å². The summed E-state index contributed by atoms with van der Waals surface area (Å²) in [6.45, 7) is -0.582. The molecule has 1 fully saturated rings. The predicted octanol–water partition coefficient (Wildman–Crippen LogP) is 4.55. The number of nitrogens with two attached hydrogens (primary N) is 1. The number of aryl methyl sites for hydroxylation is 1. The molecule has 0 spiro atoms. The smallest absolute Gasteiger partial charge is 0.469 e. The summed E-state index contributed by atoms with van der Waals surface area (Å²) in [4.78, 5) is 43.3. The number of aliphatic hydroxyl groups is 1. The molecule has 1 heterocycles. The van der Waals surface area contributed by atoms with Gasteiger partial charge in [0.2, 0.25) is 5.78 Å². The summed E-state index contributed by atoms with van der Waals surface area (Å²) >= 11 is 6.07. The molecule has 12 heteroatoms. The maximum absolute atomic E-state index is 13.4. The molecule has 1 saturated carbocycles. The number of aliphatic hydroxyl groups excluding tert-OH is 1. The standard InChI is InChI=1S/C28H28ClN2O8P/c29-20-5-3-18-12-27(23(28(30)34)10-19(18)9-20)38-15-26(33)24-13-31(8-7-21(32)14-39-40(35,36)37)25-11-17(16-1-2-16)4-6-22(24)25/h3-6,9-13,16,21,32H,1-2,7-8,14-15H2,(H2,30,34)(H2,35,36,37). The first-order chi connectivity index (χ1) is 19.0. The van der Waals surface area contributed by atoms with E-state index in [9.17, 15) is 19.3 Å². The number of nitrogens with zero attached hydrogens (tertiary/aromatic N) is 1. The third-order valence-electron chi connectivity index (χ3n) is 6.92. The molecule has 10 nitrogen and oxygen atoms in total. The number of hydrogen-bond acceptors (Lipinski definition) is 6. The van der Waals surface area contributed by atoms with Crippen molar-refractivity contribution in [2.75, 3.05) is 13.2 Å². The van der Waals surface area contributed by atoms with E-state index in [0.717, 1.165) is 29.3 Å². The lowest BCUT2D eigenvalue weighted by atomic mass is 10.0. The zero-order chi connectivity index (χ0) is 28.6. The molecule has 1 atom stereocenters. The van der Waals surface area contributed by atoms with Gasteiger partial charge in [-0.2, -0.15) is 0 Å². The summed E-state index contributed by atoms with van der Waals surface area (Å²) < 4.78 is 23.0. The number of carbonyl (C=O) groups excluding carboxylic acids is 2. The quantitative estimate of drug-likeness (QED) is 0.139. The lowest BCUT2D eigenvalue weighted by Gasteiger charge is -2.13. The number of fused-ring (bicyclic) bond motifs is 2. The summed E-state index contributed by atoms with van der Waals surface area (Å²) in [6, 6.07) is 14.4. The van der Waals surface area contributed by atoms with Crippen LogP contribution in [0.25, 0.3) is 21.7 Å². The Bertz CT molecular complexity index is 1660. The molecule has 5 rings (SSSR count). The molecular formula is C28H28ClN2O8P. The predicted molar refractivity (Wildman–Crippen MR) is 150 cm³/mol. The lowest BCUT2D eigenvalue weighted by Crippen LogP contribution is -2.17. The average molecular weight is 587 g/mol. The molecule has 1 aliphatic rings. The Morgan fingerprint density at radius 1 is 1.07 bits per heavy atom. The minimum atomic E-state index is -4.69. The summed E-state index contributed by atoms with van der Waals surface area (Å²) in [5.41, 5.74) is 8.08. The molecule has 0 aliphatic heterocycles. The third-order valence-corrected chi connectivity index (χ3v) is 7.64. The minimum Gasteiger partial charge on any atom is -0.485 e. The second-order valence-corrected chi connectivity index (χ2v) is 11.6. The van der Waals surface area contributed by atoms with Crippen LogP contribution in [0.2, 0.25) is 5.02 Å². The molecule has 0 bridgehead atoms. The maximum Gasteiger partial charge on any atom is 0.469 e. The van der Waals surface area contributed by atoms with Crippen molar-refractivity contribution in [3.05, 3.63) is 76.4 Å². The number of ether oxygens (including phenoxy) is 1. The molecule has 0 radical (unpaired) electrons. The molecule has 0 saturated heterocycles. The highest BCUT2D eigenvalue weighted by Gasteiger charge is 2.25. The van der Waals surface area contributed by atoms with E-state index in [1.165, 1.54) is 0 Å². The van der Waals surface area contributed by atoms with Crippen molar-refractivity contribution in [1.29, 1.82) is 0 Å². The number of ketones is 1. The molecule has 1 aromatic heterocycles. The van der Waals surface area contributed by atoms with Crippen LogP contribution in [0.5, 0.6) is 5.75 Å². The third kappa shape index (κ3) is 6.55. The number of rotatable bonds is 12. The Hall–Kier alpha value is -3.24. The second kappa shape index (κ2) is 11.3. The molecule has 4 aromatic rings. The molecule has 3 aromatic carbocycles. The SMILES string of the molecule is NC(=O)c1cc2cc(Cl)ccc2cc1OCC(=O)c1cn(CCC(O)COP(=O)(O)O)c2cc(C3CC3)ccc12. The van der Waals surface area contributed by atoms with Crippen LogP contribution in [0.15, 0.2) is 54.7 Å². The van der Waals surface area contributed by atoms with Crippen molar-refractivity contribution in [2.45, 2.75) is 37.8 Å². The lowest BCUT2D eigenvalue weighted by molar-refractivity contribution is 0.0764. The number of amides is 1. The number of hydrogen-bond donors (Lipinski definition) is 4. The van der Waals surface area contributed by atoms with Gasteiger partial charge in [0.05, 0.1) is 18.3 Å². The molecule has 1 unspecified atom stereocenters. The van der Waals surface area contributed by atoms with Gasteiger partial charge in [0.25, 0.3) is 5.91 Å². The Labute approximate surface area is 234 Å². The van der Waals surface area contributed by atoms with Gasteiger partial charge in [-0.25, -0.2) is 4.57 Å². The van der Waals surface area contributed by atoms with Gasteiger partial charge in [-0.05, 0) is 71.8 Å². The second-order valence-electron chi connectivity index (χ2n) is 9.93. The number of Topliss-reactive ketones (excluding diaryl/α,β-unsaturated/α-hetero) is 1. The Morgan fingerprint density at radius 3 is 2.55 bits per heavy atom. The van der Waals surface area contributed by atoms with Crippen LogP contribution < -0.4 is 10.5 Å². The molecule has 210 valence electrons. The minimum absolute atomic E-state index is 0.130. The van der Waals surface area contributed by atoms with Crippen LogP contribution in [-0.4, -0.2) is 50.5 Å². The first-order valence-corrected chi connectivity index (χ1v) is 14.6. The summed E-state index contributed by atoms with van der Waals surface area (Å²) in [5.74, 6) is -0.356. The summed E-state index contributed by atoms with van der Waals surface area (Å²) in [5, 5.41) is 12.9. The van der Waals surface area contributed by atoms with Gasteiger partial charge in [0, 0.05) is 34.2 Å². The fourth-order valence-electron chi connectivity index (χ4n) is 4.72. The van der Waals surface area contributed by atoms with Gasteiger partial charge < -0.3 is 29.9 Å². The average Bonchev–Trinajstić information content (AvgIpc) is 3.69. The van der Waals surface area contributed by atoms with Crippen molar-refractivity contribution < 1.29 is 38.3 Å². The molecule has 5 N–H and O–H groups in total. The van der Waals surface area contributed by atoms with E-state index in [0.29, 0.717) is 27.3 Å². The van der Waals surface area contributed by atoms with Crippen molar-refractivity contribution in [1.82, 2.24) is 4.57 Å². The zero-order valence-electron chi connectivity index (χ0n) is 21.3. The van der Waals surface area contributed by atoms with Crippen molar-refractivity contribution in [3.8, 4) is 5.75 Å². The van der Waals surface area contributed by atoms with E-state index in [2.05, 4.69) is 4.52 Å². The van der Waals surface area contributed by atoms with Gasteiger partial charge in [-0.15, -0.1) is 0 Å². The monoisotopic (exact) mass is 586 g/mol. The number of primary amides is 1. The Kier molecular flexibility index (Phi) is 8.01. The number of phosphoric acid groups is 1. The highest BCUT2D eigenvalue weighted by Crippen LogP contribution is 2.41. The van der Waals surface area contributed by atoms with Crippen LogP contribution in [0.1, 0.15) is 51.5 Å². The van der Waals surface area contributed by atoms with Gasteiger partial charge in [-0.1, -0.05) is 29.8 Å². The largest absolute Gasteiger partial charge is 0.485 e. The molecule has 1 amide bonds. The van der Waals surface area contributed by atoms with E-state index in [1.807, 2.05) is 22.8 Å². The van der Waals surface area contributed by atoms with E-state index >= 15 is 0 Å². The molecule has 1 aliphatic carbocycles. The Morgan fingerprint density at radius 2 is 1.85 bits per heavy atom. The van der Waals surface area contributed by atoms with Crippen LogP contribution in [-0.2, 0) is 15.6 Å². The number of aromatic nitrogens is 1. The summed E-state index contributed by atoms with van der Waals surface area (Å²) in [6.07, 6.45) is 2.91. The zero-order valence-corrected chi connectivity index (χ0v) is 23.0. The van der Waals surface area contributed by atoms with E-state index in [4.69, 9.17) is 31.9 Å². The van der Waals surface area contributed by atoms with Gasteiger partial charge in [0.1, 0.15) is 5.75 Å². The molecule has 40 heavy (non-hydrogen) atoms. The fourth-order valence-corrected chi connectivity index (χ4v) is 5.27. The van der Waals surface area contributed by atoms with Crippen molar-refractivity contribution in [3.63, 3.8) is 0 Å². The molecular weight excluding hydrogens is 559 g/mol. The maximum atomic E-state index is 13.4. The number of phosphoric ester groups is 1. The van der Waals surface area contributed by atoms with Crippen molar-refractivity contribution >= 4 is 52.8 Å². The van der Waals surface area contributed by atoms with E-state index < -0.39 is 26.4 Å². The topological polar surface area (TPSA) is 161 Å². The highest BCUT2D eigenvalue weighted by molar-refractivity contribution is 7.46. The van der Waals surface area contributed by atoms with Crippen LogP contribution >= 0.6 is 19.4 Å². The van der Waals surface area contributed by atoms with Gasteiger partial charge >= 0.3 is 7.82 Å². The Balaban J connectivity index is 1.39. The van der Waals surface area contributed by atoms with Gasteiger partial charge in [0.15, 0.2) is 6.61 Å². The first-order valence-electron chi connectivity index (χ1n) is 12.7. The highest BCUT2D eigenvalue weighted by atomic mass is 35.5. The van der Waals surface area contributed by atoms with E-state index in [1.54, 1.807) is 36.5 Å². The van der Waals surface area contributed by atoms with Crippen molar-refractivity contribution in [2.24, 2.45) is 5.73 Å². The number of benzene rings is 3. The van der Waals surface area contributed by atoms with E-state index in [-0.39, 0.29) is 36.7 Å². The van der Waals surface area contributed by atoms with Crippen LogP contribution in [0.4, 0.5) is 0 Å². The number of carbonyl (C=O) groups is 2. The normalized spacial score (nSPS) is 14.5. The summed E-state index contributed by atoms with van der Waals surface area (Å²) in [7, 11) is -4.69. The fraction of sp³-hybridized carbons (Fsp3) is 0.286. The van der Waals surface area contributed by atoms with Crippen LogP contribution in [0.3, 0.4) is 0 Å². The number of halogens is 1. The first kappa shape index (κ1) is 28.3. The van der Waals surface area contributed by atoms with Crippen LogP contribution in [0, 0.1) is 0 Å².